The van der Waals surface area contributed by atoms with Crippen molar-refractivity contribution in [1.82, 2.24) is 0 Å². The maximum absolute atomic E-state index is 11.4. The molecule has 1 N–H and O–H groups in total. The van der Waals surface area contributed by atoms with E-state index in [0.29, 0.717) is 29.4 Å². The molecule has 0 amide bonds. The van der Waals surface area contributed by atoms with Crippen LogP contribution in [-0.4, -0.2) is 24.8 Å². The second kappa shape index (κ2) is 6.25. The van der Waals surface area contributed by atoms with Crippen molar-refractivity contribution >= 4 is 5.97 Å². The SMILES string of the molecule is COC(=O)c1cc(CO)cc(OCC(C)C)c1. The van der Waals surface area contributed by atoms with Crippen molar-refractivity contribution in [2.24, 2.45) is 5.92 Å². The van der Waals surface area contributed by atoms with Crippen molar-refractivity contribution in [1.29, 1.82) is 0 Å². The molecule has 1 aromatic carbocycles. The Kier molecular flexibility index (Phi) is 4.97. The fourth-order valence-electron chi connectivity index (χ4n) is 1.33. The van der Waals surface area contributed by atoms with Gasteiger partial charge in [-0.3, -0.25) is 0 Å². The normalized spacial score (nSPS) is 10.4. The molecule has 0 unspecified atom stereocenters. The van der Waals surface area contributed by atoms with Gasteiger partial charge in [-0.15, -0.1) is 0 Å². The van der Waals surface area contributed by atoms with Crippen LogP contribution in [0.5, 0.6) is 5.75 Å². The van der Waals surface area contributed by atoms with Crippen LogP contribution in [0.3, 0.4) is 0 Å². The van der Waals surface area contributed by atoms with Gasteiger partial charge in [0.2, 0.25) is 0 Å². The minimum Gasteiger partial charge on any atom is -0.493 e. The zero-order chi connectivity index (χ0) is 12.8. The highest BCUT2D eigenvalue weighted by Gasteiger charge is 2.09. The highest BCUT2D eigenvalue weighted by atomic mass is 16.5. The summed E-state index contributed by atoms with van der Waals surface area (Å²) in [5, 5.41) is 9.11. The average molecular weight is 238 g/mol. The van der Waals surface area contributed by atoms with Gasteiger partial charge < -0.3 is 14.6 Å². The van der Waals surface area contributed by atoms with E-state index in [2.05, 4.69) is 4.74 Å². The Morgan fingerprint density at radius 1 is 1.35 bits per heavy atom. The van der Waals surface area contributed by atoms with E-state index in [1.165, 1.54) is 7.11 Å². The van der Waals surface area contributed by atoms with Gasteiger partial charge in [-0.05, 0) is 29.7 Å². The molecule has 0 saturated carbocycles. The maximum atomic E-state index is 11.4. The van der Waals surface area contributed by atoms with Gasteiger partial charge in [0.15, 0.2) is 0 Å². The molecule has 0 aliphatic rings. The molecular weight excluding hydrogens is 220 g/mol. The predicted octanol–water partition coefficient (Wildman–Crippen LogP) is 2.00. The molecule has 17 heavy (non-hydrogen) atoms. The molecule has 1 aromatic rings. The first kappa shape index (κ1) is 13.5. The van der Waals surface area contributed by atoms with Gasteiger partial charge in [-0.2, -0.15) is 0 Å². The standard InChI is InChI=1S/C13H18O4/c1-9(2)8-17-12-5-10(7-14)4-11(6-12)13(15)16-3/h4-6,9,14H,7-8H2,1-3H3. The summed E-state index contributed by atoms with van der Waals surface area (Å²) in [5.41, 5.74) is 1.02. The van der Waals surface area contributed by atoms with Gasteiger partial charge in [-0.1, -0.05) is 13.8 Å². The molecule has 4 heteroatoms. The maximum Gasteiger partial charge on any atom is 0.337 e. The van der Waals surface area contributed by atoms with Crippen LogP contribution in [0, 0.1) is 5.92 Å². The molecule has 0 spiro atoms. The number of carbonyl (C=O) groups excluding carboxylic acids is 1. The zero-order valence-corrected chi connectivity index (χ0v) is 10.4. The van der Waals surface area contributed by atoms with E-state index in [1.54, 1.807) is 18.2 Å². The van der Waals surface area contributed by atoms with Crippen LogP contribution in [0.25, 0.3) is 0 Å². The number of hydrogen-bond donors (Lipinski definition) is 1. The topological polar surface area (TPSA) is 55.8 Å². The Bertz CT molecular complexity index is 385. The van der Waals surface area contributed by atoms with Crippen LogP contribution >= 0.6 is 0 Å². The second-order valence-electron chi connectivity index (χ2n) is 4.22. The van der Waals surface area contributed by atoms with E-state index in [-0.39, 0.29) is 6.61 Å². The van der Waals surface area contributed by atoms with Gasteiger partial charge >= 0.3 is 5.97 Å². The van der Waals surface area contributed by atoms with Crippen LogP contribution in [-0.2, 0) is 11.3 Å². The number of methoxy groups -OCH3 is 1. The number of aliphatic hydroxyl groups excluding tert-OH is 1. The van der Waals surface area contributed by atoms with E-state index in [4.69, 9.17) is 9.84 Å². The number of carbonyl (C=O) groups is 1. The molecule has 1 rings (SSSR count). The van der Waals surface area contributed by atoms with Crippen molar-refractivity contribution < 1.29 is 19.4 Å². The van der Waals surface area contributed by atoms with Crippen LogP contribution in [0.4, 0.5) is 0 Å². The molecule has 0 heterocycles. The summed E-state index contributed by atoms with van der Waals surface area (Å²) in [6, 6.07) is 4.93. The summed E-state index contributed by atoms with van der Waals surface area (Å²) < 4.78 is 10.2. The smallest absolute Gasteiger partial charge is 0.337 e. The molecule has 0 aliphatic heterocycles. The number of ether oxygens (including phenoxy) is 2. The summed E-state index contributed by atoms with van der Waals surface area (Å²) in [6.07, 6.45) is 0. The Labute approximate surface area is 101 Å². The number of aliphatic hydroxyl groups is 1. The first-order valence-corrected chi connectivity index (χ1v) is 5.52. The van der Waals surface area contributed by atoms with E-state index in [9.17, 15) is 4.79 Å². The summed E-state index contributed by atoms with van der Waals surface area (Å²) in [6.45, 7) is 4.51. The van der Waals surface area contributed by atoms with Crippen molar-refractivity contribution in [3.05, 3.63) is 29.3 Å². The second-order valence-corrected chi connectivity index (χ2v) is 4.22. The predicted molar refractivity (Wildman–Crippen MR) is 64.0 cm³/mol. The van der Waals surface area contributed by atoms with Gasteiger partial charge in [0.05, 0.1) is 25.9 Å². The third-order valence-electron chi connectivity index (χ3n) is 2.15. The molecule has 0 aliphatic carbocycles. The number of benzene rings is 1. The molecule has 0 bridgehead atoms. The van der Waals surface area contributed by atoms with Crippen LogP contribution in [0.2, 0.25) is 0 Å². The van der Waals surface area contributed by atoms with E-state index in [0.717, 1.165) is 0 Å². The molecule has 4 nitrogen and oxygen atoms in total. The number of esters is 1. The highest BCUT2D eigenvalue weighted by Crippen LogP contribution is 2.19. The minimum absolute atomic E-state index is 0.136. The molecule has 0 fully saturated rings. The number of rotatable bonds is 5. The lowest BCUT2D eigenvalue weighted by atomic mass is 10.1. The quantitative estimate of drug-likeness (QED) is 0.797. The Morgan fingerprint density at radius 3 is 2.59 bits per heavy atom. The van der Waals surface area contributed by atoms with Crippen molar-refractivity contribution in [3.63, 3.8) is 0 Å². The lowest BCUT2D eigenvalue weighted by Crippen LogP contribution is -2.07. The van der Waals surface area contributed by atoms with E-state index in [1.807, 2.05) is 13.8 Å². The van der Waals surface area contributed by atoms with Crippen molar-refractivity contribution in [2.75, 3.05) is 13.7 Å². The first-order chi connectivity index (χ1) is 8.06. The molecule has 0 saturated heterocycles. The molecule has 0 atom stereocenters. The zero-order valence-electron chi connectivity index (χ0n) is 10.4. The van der Waals surface area contributed by atoms with Gasteiger partial charge in [0.1, 0.15) is 5.75 Å². The Hall–Kier alpha value is -1.55. The van der Waals surface area contributed by atoms with Crippen molar-refractivity contribution in [3.8, 4) is 5.75 Å². The monoisotopic (exact) mass is 238 g/mol. The molecule has 94 valence electrons. The molecule has 0 aromatic heterocycles. The summed E-state index contributed by atoms with van der Waals surface area (Å²) in [7, 11) is 1.32. The van der Waals surface area contributed by atoms with Gasteiger partial charge in [-0.25, -0.2) is 4.79 Å². The largest absolute Gasteiger partial charge is 0.493 e. The molecule has 0 radical (unpaired) electrons. The van der Waals surface area contributed by atoms with Crippen molar-refractivity contribution in [2.45, 2.75) is 20.5 Å². The summed E-state index contributed by atoms with van der Waals surface area (Å²) >= 11 is 0. The minimum atomic E-state index is -0.435. The van der Waals surface area contributed by atoms with E-state index < -0.39 is 5.97 Å². The fourth-order valence-corrected chi connectivity index (χ4v) is 1.33. The van der Waals surface area contributed by atoms with Crippen LogP contribution < -0.4 is 4.74 Å². The van der Waals surface area contributed by atoms with E-state index >= 15 is 0 Å². The lowest BCUT2D eigenvalue weighted by Gasteiger charge is -2.11. The summed E-state index contributed by atoms with van der Waals surface area (Å²) in [5.74, 6) is 0.537. The Morgan fingerprint density at radius 2 is 2.06 bits per heavy atom. The number of hydrogen-bond acceptors (Lipinski definition) is 4. The highest BCUT2D eigenvalue weighted by molar-refractivity contribution is 5.90. The average Bonchev–Trinajstić information content (AvgIpc) is 2.34. The summed E-state index contributed by atoms with van der Waals surface area (Å²) in [4.78, 5) is 11.4. The third kappa shape index (κ3) is 4.07. The van der Waals surface area contributed by atoms with Gasteiger partial charge in [0.25, 0.3) is 0 Å². The first-order valence-electron chi connectivity index (χ1n) is 5.52. The van der Waals surface area contributed by atoms with Crippen LogP contribution in [0.1, 0.15) is 29.8 Å². The van der Waals surface area contributed by atoms with Crippen LogP contribution in [0.15, 0.2) is 18.2 Å². The Balaban J connectivity index is 2.93. The molecular formula is C13H18O4. The third-order valence-corrected chi connectivity index (χ3v) is 2.15. The fraction of sp³-hybridized carbons (Fsp3) is 0.462. The lowest BCUT2D eigenvalue weighted by molar-refractivity contribution is 0.0600. The van der Waals surface area contributed by atoms with Gasteiger partial charge in [0, 0.05) is 0 Å².